The number of benzene rings is 2. The summed E-state index contributed by atoms with van der Waals surface area (Å²) in [4.78, 5) is 0. The maximum Gasteiger partial charge on any atom is 0.534 e. The fraction of sp³-hybridized carbons (Fsp3) is 0.231. The number of alkyl halides is 3. The van der Waals surface area contributed by atoms with Crippen LogP contribution in [0.4, 0.5) is 13.2 Å². The molecule has 8 heteroatoms. The normalized spacial score (nSPS) is 12.6. The maximum absolute atomic E-state index is 12.4. The molecule has 2 rings (SSSR count). The molecule has 0 fully saturated rings. The largest absolute Gasteiger partial charge is 0.534 e. The molecule has 0 aliphatic heterocycles. The molecule has 21 heavy (non-hydrogen) atoms. The third kappa shape index (κ3) is 3.27. The van der Waals surface area contributed by atoms with Crippen molar-refractivity contribution in [2.45, 2.75) is 12.1 Å². The molecule has 0 N–H and O–H groups in total. The van der Waals surface area contributed by atoms with E-state index in [-0.39, 0.29) is 17.7 Å². The second kappa shape index (κ2) is 5.53. The number of methoxy groups -OCH3 is 1. The quantitative estimate of drug-likeness (QED) is 0.641. The summed E-state index contributed by atoms with van der Waals surface area (Å²) in [6.45, 7) is 0.118. The lowest BCUT2D eigenvalue weighted by Crippen LogP contribution is -2.28. The molecular formula is C13H11F3O4S. The van der Waals surface area contributed by atoms with Crippen LogP contribution in [0.2, 0.25) is 0 Å². The van der Waals surface area contributed by atoms with Crippen LogP contribution in [-0.2, 0) is 21.5 Å². The molecule has 4 nitrogen and oxygen atoms in total. The first-order valence-corrected chi connectivity index (χ1v) is 7.17. The summed E-state index contributed by atoms with van der Waals surface area (Å²) < 4.78 is 68.8. The Morgan fingerprint density at radius 2 is 1.81 bits per heavy atom. The Morgan fingerprint density at radius 1 is 1.14 bits per heavy atom. The summed E-state index contributed by atoms with van der Waals surface area (Å²) in [7, 11) is -4.30. The zero-order chi connectivity index (χ0) is 15.7. The highest BCUT2D eigenvalue weighted by molar-refractivity contribution is 7.88. The molecule has 0 unspecified atom stereocenters. The zero-order valence-corrected chi connectivity index (χ0v) is 11.7. The lowest BCUT2D eigenvalue weighted by Gasteiger charge is -2.13. The third-order valence-electron chi connectivity index (χ3n) is 2.68. The number of fused-ring (bicyclic) bond motifs is 1. The Labute approximate surface area is 119 Å². The highest BCUT2D eigenvalue weighted by Crippen LogP contribution is 2.33. The molecule has 0 heterocycles. The fourth-order valence-corrected chi connectivity index (χ4v) is 2.29. The van der Waals surface area contributed by atoms with Gasteiger partial charge in [0, 0.05) is 12.5 Å². The predicted octanol–water partition coefficient (Wildman–Crippen LogP) is 3.21. The van der Waals surface area contributed by atoms with Crippen LogP contribution in [0.15, 0.2) is 36.4 Å². The summed E-state index contributed by atoms with van der Waals surface area (Å²) in [6.07, 6.45) is 0. The number of hydrogen-bond donors (Lipinski definition) is 0. The van der Waals surface area contributed by atoms with Crippen molar-refractivity contribution in [1.29, 1.82) is 0 Å². The minimum Gasteiger partial charge on any atom is -0.380 e. The van der Waals surface area contributed by atoms with Crippen LogP contribution in [0.5, 0.6) is 5.75 Å². The molecule has 0 radical (unpaired) electrons. The van der Waals surface area contributed by atoms with Crippen molar-refractivity contribution in [3.63, 3.8) is 0 Å². The molecule has 0 bridgehead atoms. The van der Waals surface area contributed by atoms with Crippen LogP contribution in [-0.4, -0.2) is 21.0 Å². The first-order chi connectivity index (χ1) is 9.74. The van der Waals surface area contributed by atoms with E-state index in [1.807, 2.05) is 0 Å². The van der Waals surface area contributed by atoms with Crippen LogP contribution in [0, 0.1) is 0 Å². The van der Waals surface area contributed by atoms with Gasteiger partial charge in [-0.3, -0.25) is 0 Å². The van der Waals surface area contributed by atoms with Crippen molar-refractivity contribution < 1.29 is 30.5 Å². The average molecular weight is 320 g/mol. The van der Waals surface area contributed by atoms with Gasteiger partial charge >= 0.3 is 15.6 Å². The monoisotopic (exact) mass is 320 g/mol. The molecular weight excluding hydrogens is 309 g/mol. The van der Waals surface area contributed by atoms with Gasteiger partial charge in [-0.2, -0.15) is 21.6 Å². The minimum atomic E-state index is -5.71. The van der Waals surface area contributed by atoms with E-state index in [9.17, 15) is 21.6 Å². The number of ether oxygens (including phenoxy) is 1. The van der Waals surface area contributed by atoms with Crippen LogP contribution in [0.3, 0.4) is 0 Å². The Morgan fingerprint density at radius 3 is 2.43 bits per heavy atom. The molecule has 0 amide bonds. The van der Waals surface area contributed by atoms with E-state index >= 15 is 0 Å². The van der Waals surface area contributed by atoms with Crippen LogP contribution in [0.1, 0.15) is 5.56 Å². The summed E-state index contributed by atoms with van der Waals surface area (Å²) >= 11 is 0. The SMILES string of the molecule is COCc1cc(OS(=O)(=O)C(F)(F)F)c2ccccc2c1. The Bertz CT molecular complexity index is 754. The van der Waals surface area contributed by atoms with E-state index < -0.39 is 15.6 Å². The Kier molecular flexibility index (Phi) is 4.11. The maximum atomic E-state index is 12.4. The number of rotatable bonds is 4. The first kappa shape index (κ1) is 15.6. The first-order valence-electron chi connectivity index (χ1n) is 5.76. The van der Waals surface area contributed by atoms with E-state index in [0.717, 1.165) is 0 Å². The molecule has 0 saturated heterocycles. The van der Waals surface area contributed by atoms with E-state index in [1.165, 1.54) is 19.2 Å². The van der Waals surface area contributed by atoms with Gasteiger partial charge in [-0.25, -0.2) is 0 Å². The number of hydrogen-bond acceptors (Lipinski definition) is 4. The van der Waals surface area contributed by atoms with Gasteiger partial charge < -0.3 is 8.92 Å². The van der Waals surface area contributed by atoms with Crippen molar-refractivity contribution in [2.75, 3.05) is 7.11 Å². The summed E-state index contributed by atoms with van der Waals surface area (Å²) in [5.41, 5.74) is -4.98. The molecule has 0 aromatic heterocycles. The third-order valence-corrected chi connectivity index (χ3v) is 3.64. The summed E-state index contributed by atoms with van der Waals surface area (Å²) in [5.74, 6) is -0.377. The highest BCUT2D eigenvalue weighted by Gasteiger charge is 2.48. The van der Waals surface area contributed by atoms with Gasteiger partial charge in [0.05, 0.1) is 6.61 Å². The van der Waals surface area contributed by atoms with Gasteiger partial charge in [0.25, 0.3) is 0 Å². The van der Waals surface area contributed by atoms with Gasteiger partial charge in [0.1, 0.15) is 0 Å². The van der Waals surface area contributed by atoms with E-state index in [1.54, 1.807) is 24.3 Å². The highest BCUT2D eigenvalue weighted by atomic mass is 32.2. The van der Waals surface area contributed by atoms with Gasteiger partial charge in [0.2, 0.25) is 0 Å². The number of halogens is 3. The zero-order valence-electron chi connectivity index (χ0n) is 10.8. The van der Waals surface area contributed by atoms with Gasteiger partial charge in [-0.05, 0) is 23.1 Å². The Balaban J connectivity index is 2.57. The van der Waals surface area contributed by atoms with Crippen molar-refractivity contribution >= 4 is 20.9 Å². The fourth-order valence-electron chi connectivity index (χ4n) is 1.82. The van der Waals surface area contributed by atoms with E-state index in [4.69, 9.17) is 4.74 Å². The second-order valence-corrected chi connectivity index (χ2v) is 5.77. The lowest BCUT2D eigenvalue weighted by atomic mass is 10.1. The van der Waals surface area contributed by atoms with Crippen molar-refractivity contribution in [1.82, 2.24) is 0 Å². The minimum absolute atomic E-state index is 0.118. The molecule has 0 aliphatic carbocycles. The predicted molar refractivity (Wildman–Crippen MR) is 70.3 cm³/mol. The summed E-state index contributed by atoms with van der Waals surface area (Å²) in [5, 5.41) is 0.824. The van der Waals surface area contributed by atoms with Gasteiger partial charge in [-0.15, -0.1) is 0 Å². The van der Waals surface area contributed by atoms with Gasteiger partial charge in [0.15, 0.2) is 5.75 Å². The lowest BCUT2D eigenvalue weighted by molar-refractivity contribution is -0.0499. The topological polar surface area (TPSA) is 52.6 Å². The van der Waals surface area contributed by atoms with Crippen molar-refractivity contribution in [3.05, 3.63) is 42.0 Å². The average Bonchev–Trinajstić information content (AvgIpc) is 2.37. The Hall–Kier alpha value is -1.80. The molecule has 0 saturated carbocycles. The van der Waals surface area contributed by atoms with E-state index in [2.05, 4.69) is 4.18 Å². The van der Waals surface area contributed by atoms with Crippen LogP contribution < -0.4 is 4.18 Å². The summed E-state index contributed by atoms with van der Waals surface area (Å²) in [6, 6.07) is 9.28. The molecule has 2 aromatic carbocycles. The molecule has 114 valence electrons. The van der Waals surface area contributed by atoms with Crippen molar-refractivity contribution in [3.8, 4) is 5.75 Å². The van der Waals surface area contributed by atoms with Crippen LogP contribution >= 0.6 is 0 Å². The molecule has 2 aromatic rings. The van der Waals surface area contributed by atoms with Gasteiger partial charge in [-0.1, -0.05) is 24.3 Å². The molecule has 0 aliphatic rings. The smallest absolute Gasteiger partial charge is 0.380 e. The molecule has 0 atom stereocenters. The van der Waals surface area contributed by atoms with E-state index in [0.29, 0.717) is 10.9 Å². The van der Waals surface area contributed by atoms with Crippen molar-refractivity contribution in [2.24, 2.45) is 0 Å². The standard InChI is InChI=1S/C13H11F3O4S/c1-19-8-9-6-10-4-2-3-5-11(10)12(7-9)20-21(17,18)13(14,15)16/h2-7H,8H2,1H3. The second-order valence-electron chi connectivity index (χ2n) is 4.23. The molecule has 0 spiro atoms. The van der Waals surface area contributed by atoms with Crippen LogP contribution in [0.25, 0.3) is 10.8 Å².